The molecule has 28 heavy (non-hydrogen) atoms. The van der Waals surface area contributed by atoms with Crippen LogP contribution in [-0.4, -0.2) is 11.1 Å². The summed E-state index contributed by atoms with van der Waals surface area (Å²) in [4.78, 5) is 24.1. The molecule has 0 radical (unpaired) electrons. The minimum Gasteiger partial charge on any atom is -0.508 e. The Balaban J connectivity index is 1.54. The van der Waals surface area contributed by atoms with E-state index in [4.69, 9.17) is 13.6 Å². The van der Waals surface area contributed by atoms with Crippen molar-refractivity contribution in [3.63, 3.8) is 0 Å². The number of aromatic hydroxyl groups is 1. The average Bonchev–Trinajstić information content (AvgIpc) is 3.05. The third-order valence-corrected chi connectivity index (χ3v) is 4.88. The van der Waals surface area contributed by atoms with E-state index in [0.717, 1.165) is 27.7 Å². The average molecular weight is 378 g/mol. The number of esters is 1. The molecule has 0 saturated heterocycles. The van der Waals surface area contributed by atoms with E-state index in [0.29, 0.717) is 10.9 Å². The summed E-state index contributed by atoms with van der Waals surface area (Å²) in [7, 11) is 0. The number of furan rings is 1. The molecule has 2 aromatic carbocycles. The van der Waals surface area contributed by atoms with Crippen molar-refractivity contribution in [1.82, 2.24) is 0 Å². The van der Waals surface area contributed by atoms with Gasteiger partial charge in [0.1, 0.15) is 23.5 Å². The first-order valence-electron chi connectivity index (χ1n) is 8.80. The van der Waals surface area contributed by atoms with Gasteiger partial charge >= 0.3 is 11.6 Å². The third-order valence-electron chi connectivity index (χ3n) is 4.88. The number of ether oxygens (including phenoxy) is 1. The summed E-state index contributed by atoms with van der Waals surface area (Å²) in [6.07, 6.45) is 1.64. The molecule has 6 nitrogen and oxygen atoms in total. The molecule has 0 fully saturated rings. The zero-order chi connectivity index (χ0) is 19.8. The fourth-order valence-electron chi connectivity index (χ4n) is 3.23. The zero-order valence-electron chi connectivity index (χ0n) is 15.4. The summed E-state index contributed by atoms with van der Waals surface area (Å²) >= 11 is 0. The Bertz CT molecular complexity index is 1260. The van der Waals surface area contributed by atoms with Gasteiger partial charge in [-0.3, -0.25) is 4.79 Å². The first-order valence-corrected chi connectivity index (χ1v) is 8.80. The van der Waals surface area contributed by atoms with Gasteiger partial charge in [0.05, 0.1) is 12.7 Å². The summed E-state index contributed by atoms with van der Waals surface area (Å²) in [5.41, 5.74) is 3.88. The van der Waals surface area contributed by atoms with Gasteiger partial charge in [0, 0.05) is 34.0 Å². The van der Waals surface area contributed by atoms with Crippen LogP contribution in [0.25, 0.3) is 21.9 Å². The molecule has 0 amide bonds. The maximum absolute atomic E-state index is 12.3. The number of phenols is 1. The molecule has 2 aromatic heterocycles. The van der Waals surface area contributed by atoms with Crippen molar-refractivity contribution in [3.8, 4) is 5.75 Å². The molecule has 0 aliphatic heterocycles. The minimum atomic E-state index is -0.573. The highest BCUT2D eigenvalue weighted by molar-refractivity contribution is 5.88. The van der Waals surface area contributed by atoms with Crippen molar-refractivity contribution in [3.05, 3.63) is 75.3 Å². The van der Waals surface area contributed by atoms with Gasteiger partial charge in [-0.2, -0.15) is 0 Å². The monoisotopic (exact) mass is 378 g/mol. The number of benzene rings is 2. The fourth-order valence-corrected chi connectivity index (χ4v) is 3.23. The summed E-state index contributed by atoms with van der Waals surface area (Å²) in [6, 6.07) is 9.66. The Hall–Kier alpha value is -3.54. The molecule has 142 valence electrons. The number of rotatable bonds is 4. The molecule has 2 heterocycles. The maximum Gasteiger partial charge on any atom is 0.336 e. The summed E-state index contributed by atoms with van der Waals surface area (Å²) in [5.74, 6) is -0.441. The summed E-state index contributed by atoms with van der Waals surface area (Å²) in [6.45, 7) is 3.92. The van der Waals surface area contributed by atoms with Crippen molar-refractivity contribution >= 4 is 27.9 Å². The van der Waals surface area contributed by atoms with Gasteiger partial charge in [-0.25, -0.2) is 4.79 Å². The number of carbonyl (C=O) groups is 1. The Morgan fingerprint density at radius 3 is 2.68 bits per heavy atom. The summed E-state index contributed by atoms with van der Waals surface area (Å²) < 4.78 is 16.1. The molecule has 0 aliphatic rings. The van der Waals surface area contributed by atoms with E-state index >= 15 is 0 Å². The Morgan fingerprint density at radius 1 is 1.07 bits per heavy atom. The fraction of sp³-hybridized carbons (Fsp3) is 0.182. The number of hydrogen-bond acceptors (Lipinski definition) is 6. The van der Waals surface area contributed by atoms with Crippen LogP contribution in [0, 0.1) is 13.8 Å². The van der Waals surface area contributed by atoms with Crippen molar-refractivity contribution < 1.29 is 23.5 Å². The van der Waals surface area contributed by atoms with E-state index in [1.807, 2.05) is 26.0 Å². The second-order valence-corrected chi connectivity index (χ2v) is 6.75. The lowest BCUT2D eigenvalue weighted by Gasteiger charge is -2.07. The second kappa shape index (κ2) is 6.88. The Labute approximate surface area is 160 Å². The first-order chi connectivity index (χ1) is 13.4. The molecular weight excluding hydrogens is 360 g/mol. The maximum atomic E-state index is 12.3. The Morgan fingerprint density at radius 2 is 1.86 bits per heavy atom. The Kier molecular flexibility index (Phi) is 4.39. The number of phenolic OH excluding ortho intramolecular Hbond substituents is 1. The molecule has 4 rings (SSSR count). The van der Waals surface area contributed by atoms with Gasteiger partial charge in [0.2, 0.25) is 0 Å². The topological polar surface area (TPSA) is 89.9 Å². The summed E-state index contributed by atoms with van der Waals surface area (Å²) in [5, 5.41) is 11.0. The quantitative estimate of drug-likeness (QED) is 0.424. The van der Waals surface area contributed by atoms with Crippen LogP contribution >= 0.6 is 0 Å². The van der Waals surface area contributed by atoms with Crippen LogP contribution in [0.2, 0.25) is 0 Å². The third kappa shape index (κ3) is 3.24. The van der Waals surface area contributed by atoms with Gasteiger partial charge in [0.15, 0.2) is 0 Å². The smallest absolute Gasteiger partial charge is 0.336 e. The van der Waals surface area contributed by atoms with E-state index in [2.05, 4.69) is 0 Å². The standard InChI is InChI=1S/C22H18O6/c1-12-3-5-18-15(11-27-22(18)13(12)2)7-20(24)26-10-14-8-21(25)28-19-9-16(23)4-6-17(14)19/h3-6,8-9,11,23H,7,10H2,1-2H3. The zero-order valence-corrected chi connectivity index (χ0v) is 15.4. The SMILES string of the molecule is Cc1ccc2c(CC(=O)OCc3cc(=O)oc4cc(O)ccc34)coc2c1C. The van der Waals surface area contributed by atoms with Gasteiger partial charge in [-0.1, -0.05) is 12.1 Å². The molecule has 0 saturated carbocycles. The van der Waals surface area contributed by atoms with Crippen molar-refractivity contribution in [2.45, 2.75) is 26.9 Å². The highest BCUT2D eigenvalue weighted by atomic mass is 16.5. The highest BCUT2D eigenvalue weighted by Gasteiger charge is 2.15. The number of aryl methyl sites for hydroxylation is 2. The van der Waals surface area contributed by atoms with Crippen molar-refractivity contribution in [2.24, 2.45) is 0 Å². The second-order valence-electron chi connectivity index (χ2n) is 6.75. The highest BCUT2D eigenvalue weighted by Crippen LogP contribution is 2.27. The van der Waals surface area contributed by atoms with Crippen molar-refractivity contribution in [2.75, 3.05) is 0 Å². The van der Waals surface area contributed by atoms with Crippen LogP contribution in [0.15, 0.2) is 56.3 Å². The van der Waals surface area contributed by atoms with Gasteiger partial charge in [0.25, 0.3) is 0 Å². The molecule has 0 aliphatic carbocycles. The molecule has 0 bridgehead atoms. The van der Waals surface area contributed by atoms with Crippen LogP contribution in [0.1, 0.15) is 22.3 Å². The molecule has 1 N–H and O–H groups in total. The predicted octanol–water partition coefficient (Wildman–Crippen LogP) is 4.15. The number of carbonyl (C=O) groups excluding carboxylic acids is 1. The van der Waals surface area contributed by atoms with E-state index < -0.39 is 11.6 Å². The van der Waals surface area contributed by atoms with Crippen LogP contribution in [0.5, 0.6) is 5.75 Å². The van der Waals surface area contributed by atoms with E-state index in [1.54, 1.807) is 12.3 Å². The van der Waals surface area contributed by atoms with E-state index in [1.165, 1.54) is 18.2 Å². The van der Waals surface area contributed by atoms with Gasteiger partial charge < -0.3 is 18.7 Å². The minimum absolute atomic E-state index is 0.0119. The number of fused-ring (bicyclic) bond motifs is 2. The van der Waals surface area contributed by atoms with E-state index in [-0.39, 0.29) is 24.4 Å². The van der Waals surface area contributed by atoms with Crippen molar-refractivity contribution in [1.29, 1.82) is 0 Å². The molecule has 0 spiro atoms. The first kappa shape index (κ1) is 17.9. The molecule has 0 atom stereocenters. The molecule has 4 aromatic rings. The largest absolute Gasteiger partial charge is 0.508 e. The van der Waals surface area contributed by atoms with Crippen LogP contribution in [-0.2, 0) is 22.6 Å². The van der Waals surface area contributed by atoms with Crippen LogP contribution < -0.4 is 5.63 Å². The normalized spacial score (nSPS) is 11.2. The molecule has 6 heteroatoms. The lowest BCUT2D eigenvalue weighted by atomic mass is 10.0. The lowest BCUT2D eigenvalue weighted by molar-refractivity contribution is -0.144. The molecular formula is C22H18O6. The van der Waals surface area contributed by atoms with Crippen LogP contribution in [0.3, 0.4) is 0 Å². The van der Waals surface area contributed by atoms with Crippen LogP contribution in [0.4, 0.5) is 0 Å². The van der Waals surface area contributed by atoms with Gasteiger partial charge in [-0.05, 0) is 37.1 Å². The molecule has 0 unspecified atom stereocenters. The van der Waals surface area contributed by atoms with Gasteiger partial charge in [-0.15, -0.1) is 0 Å². The number of hydrogen-bond donors (Lipinski definition) is 1. The van der Waals surface area contributed by atoms with E-state index in [9.17, 15) is 14.7 Å². The lowest BCUT2D eigenvalue weighted by Crippen LogP contribution is -2.09. The predicted molar refractivity (Wildman–Crippen MR) is 103 cm³/mol.